The van der Waals surface area contributed by atoms with E-state index in [2.05, 4.69) is 50.8 Å². The maximum Gasteiger partial charge on any atom is 0.502 e. The van der Waals surface area contributed by atoms with E-state index < -0.39 is 59.1 Å². The molecule has 0 spiro atoms. The fourth-order valence-corrected chi connectivity index (χ4v) is 12.1. The number of benzene rings is 3. The summed E-state index contributed by atoms with van der Waals surface area (Å²) in [5.41, 5.74) is -1.50. The molecule has 2 N–H and O–H groups in total. The average molecular weight is 1050 g/mol. The number of alkyl halides is 4. The third kappa shape index (κ3) is 10.1. The van der Waals surface area contributed by atoms with Crippen LogP contribution in [0.3, 0.4) is 0 Å². The zero-order chi connectivity index (χ0) is 50.8. The standard InChI is InChI=1S/C50H53ClF4N8O7S2/c1-48(2)13-11-34(40(26-48)32-3-5-35(51)6-4-32)28-60-19-21-62(22-20-60)36-7-9-39(42(24-36)63-43-23-33-12-16-56-46(33)58-41(43)27-57-63)47(64)59-72(67,68)38-8-10-44(45(25-38)71(65,66)50(53,54)55)70-31-49(52)14-17-61(18-15-49)37-29-69-30-37/h3-10,12,16,23-25,27,37H,11,13-15,17-22,26,28-31H2,1-2H3,(H,56,58)(H,59,64). The number of allylic oxidation sites excluding steroid dienone is 1. The van der Waals surface area contributed by atoms with Crippen LogP contribution in [-0.4, -0.2) is 135 Å². The summed E-state index contributed by atoms with van der Waals surface area (Å²) < 4.78 is 126. The van der Waals surface area contributed by atoms with Gasteiger partial charge in [0.25, 0.3) is 25.8 Å². The van der Waals surface area contributed by atoms with Crippen LogP contribution in [0.2, 0.25) is 5.02 Å². The van der Waals surface area contributed by atoms with Gasteiger partial charge in [0, 0.05) is 68.1 Å². The van der Waals surface area contributed by atoms with E-state index in [1.54, 1.807) is 18.3 Å². The van der Waals surface area contributed by atoms with Crippen molar-refractivity contribution in [3.63, 3.8) is 0 Å². The van der Waals surface area contributed by atoms with Gasteiger partial charge in [0.1, 0.15) is 34.1 Å². The van der Waals surface area contributed by atoms with Gasteiger partial charge < -0.3 is 19.4 Å². The van der Waals surface area contributed by atoms with Crippen molar-refractivity contribution < 1.29 is 48.7 Å². The van der Waals surface area contributed by atoms with Gasteiger partial charge in [-0.3, -0.25) is 14.6 Å². The summed E-state index contributed by atoms with van der Waals surface area (Å²) in [6.07, 6.45) is 6.19. The van der Waals surface area contributed by atoms with E-state index in [9.17, 15) is 34.8 Å². The van der Waals surface area contributed by atoms with Gasteiger partial charge in [-0.15, -0.1) is 0 Å². The van der Waals surface area contributed by atoms with Gasteiger partial charge in [0.05, 0.1) is 47.1 Å². The van der Waals surface area contributed by atoms with Gasteiger partial charge in [0.15, 0.2) is 0 Å². The molecule has 1 aliphatic carbocycles. The lowest BCUT2D eigenvalue weighted by Crippen LogP contribution is -2.55. The number of nitrogens with one attached hydrogen (secondary N) is 2. The normalized spacial score (nSPS) is 19.5. The molecule has 3 aliphatic heterocycles. The van der Waals surface area contributed by atoms with Crippen molar-refractivity contribution in [2.75, 3.05) is 70.5 Å². The molecule has 0 atom stereocenters. The molecule has 3 aromatic heterocycles. The van der Waals surface area contributed by atoms with Crippen LogP contribution in [0.15, 0.2) is 101 Å². The maximum absolute atomic E-state index is 15.9. The topological polar surface area (TPSA) is 172 Å². The van der Waals surface area contributed by atoms with Gasteiger partial charge in [-0.2, -0.15) is 18.3 Å². The Morgan fingerprint density at radius 1 is 0.931 bits per heavy atom. The number of nitrogens with zero attached hydrogens (tertiary/aromatic N) is 6. The van der Waals surface area contributed by atoms with E-state index in [0.717, 1.165) is 62.1 Å². The highest BCUT2D eigenvalue weighted by Crippen LogP contribution is 2.44. The first-order valence-corrected chi connectivity index (χ1v) is 27.1. The number of carbonyl (C=O) groups is 1. The van der Waals surface area contributed by atoms with Gasteiger partial charge in [-0.1, -0.05) is 43.2 Å². The summed E-state index contributed by atoms with van der Waals surface area (Å²) >= 11 is 6.25. The Hall–Kier alpha value is -5.58. The molecule has 0 radical (unpaired) electrons. The van der Waals surface area contributed by atoms with Crippen LogP contribution in [0.5, 0.6) is 5.75 Å². The third-order valence-electron chi connectivity index (χ3n) is 14.4. The number of aromatic nitrogens is 4. The number of hydrogen-bond acceptors (Lipinski definition) is 12. The Balaban J connectivity index is 0.915. The molecule has 0 bridgehead atoms. The number of anilines is 1. The summed E-state index contributed by atoms with van der Waals surface area (Å²) in [6.45, 7) is 9.04. The summed E-state index contributed by atoms with van der Waals surface area (Å²) in [5, 5.41) is 6.00. The number of piperazine rings is 1. The number of ether oxygens (including phenoxy) is 2. The van der Waals surface area contributed by atoms with Gasteiger partial charge in [-0.05, 0) is 109 Å². The summed E-state index contributed by atoms with van der Waals surface area (Å²) in [4.78, 5) is 26.1. The smallest absolute Gasteiger partial charge is 0.489 e. The Bertz CT molecular complexity index is 3310. The molecule has 22 heteroatoms. The van der Waals surface area contributed by atoms with E-state index in [1.807, 2.05) is 33.9 Å². The van der Waals surface area contributed by atoms with Crippen LogP contribution in [-0.2, 0) is 24.6 Å². The molecular formula is C50H53ClF4N8O7S2. The van der Waals surface area contributed by atoms with Crippen molar-refractivity contribution in [3.8, 4) is 11.4 Å². The van der Waals surface area contributed by atoms with Crippen LogP contribution < -0.4 is 14.4 Å². The quantitative estimate of drug-likeness (QED) is 0.106. The second-order valence-electron chi connectivity index (χ2n) is 19.9. The molecule has 1 amide bonds. The second kappa shape index (κ2) is 19.0. The molecule has 0 unspecified atom stereocenters. The van der Waals surface area contributed by atoms with Crippen LogP contribution in [0.1, 0.15) is 61.9 Å². The van der Waals surface area contributed by atoms with Gasteiger partial charge >= 0.3 is 5.51 Å². The van der Waals surface area contributed by atoms with Crippen molar-refractivity contribution in [1.29, 1.82) is 0 Å². The summed E-state index contributed by atoms with van der Waals surface area (Å²) in [6, 6.07) is 18.4. The fourth-order valence-electron chi connectivity index (χ4n) is 10.0. The molecular weight excluding hydrogens is 1000 g/mol. The number of sulfonamides is 1. The number of piperidine rings is 1. The maximum atomic E-state index is 15.9. The van der Waals surface area contributed by atoms with E-state index in [-0.39, 0.29) is 41.6 Å². The van der Waals surface area contributed by atoms with Crippen molar-refractivity contribution >= 4 is 70.7 Å². The number of pyridine rings is 1. The van der Waals surface area contributed by atoms with E-state index in [1.165, 1.54) is 33.7 Å². The zero-order valence-electron chi connectivity index (χ0n) is 39.5. The molecule has 6 aromatic rings. The average Bonchev–Trinajstić information content (AvgIpc) is 3.97. The molecule has 3 fully saturated rings. The molecule has 0 saturated carbocycles. The number of sulfone groups is 1. The lowest BCUT2D eigenvalue weighted by molar-refractivity contribution is -0.0891. The number of rotatable bonds is 13. The van der Waals surface area contributed by atoms with Crippen LogP contribution >= 0.6 is 11.6 Å². The lowest BCUT2D eigenvalue weighted by Gasteiger charge is -2.43. The van der Waals surface area contributed by atoms with Crippen molar-refractivity contribution in [2.45, 2.75) is 73.0 Å². The van der Waals surface area contributed by atoms with Crippen LogP contribution in [0, 0.1) is 5.41 Å². The molecule has 6 heterocycles. The predicted molar refractivity (Wildman–Crippen MR) is 264 cm³/mol. The first-order valence-electron chi connectivity index (χ1n) is 23.7. The number of halogens is 5. The minimum Gasteiger partial charge on any atom is -0.489 e. The molecule has 382 valence electrons. The minimum atomic E-state index is -6.25. The zero-order valence-corrected chi connectivity index (χ0v) is 41.9. The first kappa shape index (κ1) is 50.0. The molecule has 4 aliphatic rings. The Kier molecular flexibility index (Phi) is 13.2. The summed E-state index contributed by atoms with van der Waals surface area (Å²) in [5.74, 6) is -2.07. The fraction of sp³-hybridized carbons (Fsp3) is 0.420. The molecule has 10 rings (SSSR count). The number of carbonyl (C=O) groups excluding carboxylic acids is 1. The monoisotopic (exact) mass is 1050 g/mol. The number of fused-ring (bicyclic) bond motifs is 2. The van der Waals surface area contributed by atoms with Gasteiger partial charge in [-0.25, -0.2) is 35.6 Å². The van der Waals surface area contributed by atoms with Crippen molar-refractivity contribution in [3.05, 3.63) is 107 Å². The first-order chi connectivity index (χ1) is 34.2. The second-order valence-corrected chi connectivity index (χ2v) is 23.9. The van der Waals surface area contributed by atoms with Crippen LogP contribution in [0.25, 0.3) is 33.3 Å². The largest absolute Gasteiger partial charge is 0.502 e. The number of H-pyrrole nitrogens is 1. The highest BCUT2D eigenvalue weighted by atomic mass is 35.5. The van der Waals surface area contributed by atoms with Crippen LogP contribution in [0.4, 0.5) is 23.2 Å². The van der Waals surface area contributed by atoms with Crippen molar-refractivity contribution in [1.82, 2.24) is 34.3 Å². The SMILES string of the molecule is CC1(C)CCC(CN2CCN(c3ccc(C(=O)NS(=O)(=O)c4ccc(OCC5(F)CCN(C6COC6)CC5)c(S(=O)(=O)C(F)(F)F)c4)c(-n4ncc5nc6[nH]ccc6cc54)c3)CC2)=C(c2ccc(Cl)cc2)C1. The van der Waals surface area contributed by atoms with E-state index >= 15 is 4.39 Å². The summed E-state index contributed by atoms with van der Waals surface area (Å²) in [7, 11) is -11.3. The molecule has 3 aromatic carbocycles. The molecule has 3 saturated heterocycles. The number of hydrogen-bond donors (Lipinski definition) is 2. The lowest BCUT2D eigenvalue weighted by atomic mass is 9.72. The van der Waals surface area contributed by atoms with Gasteiger partial charge in [0.2, 0.25) is 0 Å². The minimum absolute atomic E-state index is 0.0329. The predicted octanol–water partition coefficient (Wildman–Crippen LogP) is 8.34. The molecule has 72 heavy (non-hydrogen) atoms. The number of amides is 1. The number of likely N-dealkylation sites (tertiary alicyclic amines) is 1. The Morgan fingerprint density at radius 3 is 2.36 bits per heavy atom. The van der Waals surface area contributed by atoms with E-state index in [4.69, 9.17) is 21.1 Å². The Morgan fingerprint density at radius 2 is 1.67 bits per heavy atom. The molecule has 15 nitrogen and oxygen atoms in total. The third-order valence-corrected chi connectivity index (χ3v) is 17.5. The highest BCUT2D eigenvalue weighted by molar-refractivity contribution is 7.92. The van der Waals surface area contributed by atoms with Crippen molar-refractivity contribution in [2.24, 2.45) is 5.41 Å². The number of aromatic amines is 1. The highest BCUT2D eigenvalue weighted by Gasteiger charge is 2.49. The van der Waals surface area contributed by atoms with E-state index in [0.29, 0.717) is 61.1 Å². The Labute approximate surface area is 419 Å².